The number of fused-ring (bicyclic) bond motifs is 3. The van der Waals surface area contributed by atoms with Gasteiger partial charge in [-0.15, -0.1) is 0 Å². The predicted molar refractivity (Wildman–Crippen MR) is 220 cm³/mol. The third-order valence-corrected chi connectivity index (χ3v) is 13.9. The van der Waals surface area contributed by atoms with Crippen LogP contribution in [0.3, 0.4) is 0 Å². The maximum absolute atomic E-state index is 13.4. The van der Waals surface area contributed by atoms with Crippen LogP contribution in [0, 0.1) is 22.7 Å². The SMILES string of the molecule is Cn1nc(C(=O)[AsH]c2ccc(C#N)cc2C(=O)O)c2ccccc21.N#Cc1ccc(NC(=O)c2noc3ccc(S(=O)(=O)N4CCc5cc(Cl)ccc54)cc23)c(C(=O)O)c1. The first-order valence-electron chi connectivity index (χ1n) is 17.5. The van der Waals surface area contributed by atoms with E-state index in [0.717, 1.165) is 22.5 Å². The van der Waals surface area contributed by atoms with Gasteiger partial charge in [0.2, 0.25) is 0 Å². The number of nitrogens with one attached hydrogen (secondary N) is 1. The predicted octanol–water partition coefficient (Wildman–Crippen LogP) is 5.10. The van der Waals surface area contributed by atoms with Crippen LogP contribution in [0.4, 0.5) is 11.4 Å². The van der Waals surface area contributed by atoms with Crippen molar-refractivity contribution in [1.82, 2.24) is 14.9 Å². The van der Waals surface area contributed by atoms with Crippen molar-refractivity contribution in [3.8, 4) is 12.1 Å². The minimum absolute atomic E-state index is 0.0163. The summed E-state index contributed by atoms with van der Waals surface area (Å²) in [4.78, 5) is 48.6. The molecule has 60 heavy (non-hydrogen) atoms. The van der Waals surface area contributed by atoms with E-state index in [1.54, 1.807) is 36.0 Å². The quantitative estimate of drug-likeness (QED) is 0.160. The molecule has 0 aliphatic carbocycles. The molecule has 1 aliphatic rings. The number of carbonyl (C=O) groups is 4. The number of hydrogen-bond donors (Lipinski definition) is 3. The maximum atomic E-state index is 13.4. The average molecular weight is 904 g/mol. The Morgan fingerprint density at radius 3 is 2.27 bits per heavy atom. The summed E-state index contributed by atoms with van der Waals surface area (Å²) in [5.74, 6) is -3.28. The van der Waals surface area contributed by atoms with Crippen LogP contribution < -0.4 is 14.0 Å². The van der Waals surface area contributed by atoms with Gasteiger partial charge in [0, 0.05) is 11.6 Å². The molecule has 2 aromatic heterocycles. The van der Waals surface area contributed by atoms with E-state index in [0.29, 0.717) is 27.2 Å². The molecule has 16 nitrogen and oxygen atoms in total. The molecule has 0 fully saturated rings. The van der Waals surface area contributed by atoms with Gasteiger partial charge in [0.25, 0.3) is 15.9 Å². The van der Waals surface area contributed by atoms with E-state index in [1.807, 2.05) is 36.4 Å². The van der Waals surface area contributed by atoms with Crippen molar-refractivity contribution >= 4 is 97.4 Å². The maximum Gasteiger partial charge on any atom is 0.337 e. The van der Waals surface area contributed by atoms with Crippen molar-refractivity contribution in [2.45, 2.75) is 11.3 Å². The summed E-state index contributed by atoms with van der Waals surface area (Å²) in [6.45, 7) is 0.240. The molecule has 19 heteroatoms. The smallest absolute Gasteiger partial charge is 0.337 e. The van der Waals surface area contributed by atoms with Crippen LogP contribution in [0.25, 0.3) is 21.9 Å². The van der Waals surface area contributed by atoms with Gasteiger partial charge in [-0.3, -0.25) is 9.10 Å². The first-order chi connectivity index (χ1) is 28.7. The number of para-hydroxylation sites is 1. The minimum atomic E-state index is -3.98. The van der Waals surface area contributed by atoms with E-state index < -0.39 is 43.6 Å². The molecule has 0 bridgehead atoms. The number of nitriles is 2. The second kappa shape index (κ2) is 16.5. The number of halogens is 1. The second-order valence-electron chi connectivity index (χ2n) is 13.0. The molecule has 1 atom stereocenters. The van der Waals surface area contributed by atoms with Gasteiger partial charge in [0.05, 0.1) is 38.9 Å². The Bertz CT molecular complexity index is 3150. The molecule has 3 heterocycles. The topological polar surface area (TPSA) is 250 Å². The first kappa shape index (κ1) is 40.9. The fourth-order valence-electron chi connectivity index (χ4n) is 6.50. The Labute approximate surface area is 351 Å². The average Bonchev–Trinajstić information content (AvgIpc) is 3.96. The van der Waals surface area contributed by atoms with Gasteiger partial charge < -0.3 is 14.9 Å². The molecule has 0 saturated carbocycles. The van der Waals surface area contributed by atoms with Crippen LogP contribution in [0.2, 0.25) is 5.02 Å². The van der Waals surface area contributed by atoms with Crippen molar-refractivity contribution in [3.63, 3.8) is 0 Å². The molecule has 7 aromatic rings. The second-order valence-corrected chi connectivity index (χ2v) is 17.9. The molecule has 3 N–H and O–H groups in total. The summed E-state index contributed by atoms with van der Waals surface area (Å²) in [5, 5.41) is 48.6. The zero-order valence-corrected chi connectivity index (χ0v) is 34.5. The molecular formula is C41H27AsClN7O9S. The molecule has 1 amide bonds. The monoisotopic (exact) mass is 903 g/mol. The van der Waals surface area contributed by atoms with Crippen LogP contribution >= 0.6 is 11.6 Å². The van der Waals surface area contributed by atoms with Gasteiger partial charge in [-0.25, -0.2) is 13.2 Å². The Morgan fingerprint density at radius 1 is 0.850 bits per heavy atom. The molecule has 0 radical (unpaired) electrons. The number of carboxylic acid groups (broad SMARTS) is 2. The van der Waals surface area contributed by atoms with Crippen molar-refractivity contribution in [1.29, 1.82) is 10.5 Å². The van der Waals surface area contributed by atoms with E-state index in [-0.39, 0.29) is 60.6 Å². The summed E-state index contributed by atoms with van der Waals surface area (Å²) in [6.07, 6.45) is 0.509. The summed E-state index contributed by atoms with van der Waals surface area (Å²) < 4.78 is 35.4. The molecule has 298 valence electrons. The van der Waals surface area contributed by atoms with E-state index in [2.05, 4.69) is 15.6 Å². The Hall–Kier alpha value is -7.30. The standard InChI is InChI=1S/C24H15ClN4O6S.C17H12AsN3O3/c25-15-2-5-20-14(10-15)7-8-29(20)36(33,34)16-3-6-21-18(11-16)22(28-35-21)23(30)27-19-4-1-13(12-26)9-17(19)24(31)32;1-21-14-5-3-2-4-11(14)15(20-21)16(22)18-13-7-6-10(9-19)8-12(13)17(23)24/h1-6,9-11H,7-8H2,(H,27,30)(H,31,32);2-8,18H,1H3,(H,23,24). The molecule has 5 aromatic carbocycles. The fourth-order valence-corrected chi connectivity index (χ4v) is 10.4. The van der Waals surface area contributed by atoms with Crippen LogP contribution in [0.1, 0.15) is 58.4 Å². The molecule has 1 aliphatic heterocycles. The third kappa shape index (κ3) is 7.93. The zero-order chi connectivity index (χ0) is 42.9. The number of benzene rings is 5. The number of carboxylic acids is 2. The zero-order valence-electron chi connectivity index (χ0n) is 30.9. The first-order valence-corrected chi connectivity index (χ1v) is 21.4. The van der Waals surface area contributed by atoms with Crippen LogP contribution in [-0.4, -0.2) is 78.3 Å². The number of sulfonamides is 1. The van der Waals surface area contributed by atoms with E-state index >= 15 is 0 Å². The number of anilines is 2. The molecule has 0 spiro atoms. The summed E-state index contributed by atoms with van der Waals surface area (Å²) in [7, 11) is -2.21. The van der Waals surface area contributed by atoms with E-state index in [4.69, 9.17) is 26.6 Å². The van der Waals surface area contributed by atoms with Gasteiger partial charge in [0.1, 0.15) is 0 Å². The normalized spacial score (nSPS) is 12.1. The Morgan fingerprint density at radius 2 is 1.55 bits per heavy atom. The van der Waals surface area contributed by atoms with Crippen LogP contribution in [-0.2, 0) is 23.5 Å². The number of amides is 1. The number of hydrogen-bond acceptors (Lipinski definition) is 11. The number of nitrogens with zero attached hydrogens (tertiary/aromatic N) is 6. The van der Waals surface area contributed by atoms with E-state index in [1.165, 1.54) is 46.8 Å². The number of aryl methyl sites for hydroxylation is 1. The van der Waals surface area contributed by atoms with Gasteiger partial charge >= 0.3 is 150 Å². The number of carbonyl (C=O) groups excluding carboxylic acids is 2. The summed E-state index contributed by atoms with van der Waals surface area (Å²) >= 11 is 4.62. The van der Waals surface area contributed by atoms with E-state index in [9.17, 15) is 37.8 Å². The fraction of sp³-hybridized carbons (Fsp3) is 0.0732. The largest absolute Gasteiger partial charge is 0.478 e. The molecule has 1 unspecified atom stereocenters. The Balaban J connectivity index is 0.000000197. The van der Waals surface area contributed by atoms with Crippen LogP contribution in [0.15, 0.2) is 106 Å². The van der Waals surface area contributed by atoms with Gasteiger partial charge in [-0.2, -0.15) is 5.26 Å². The molecular weight excluding hydrogens is 877 g/mol. The Kier molecular flexibility index (Phi) is 11.3. The summed E-state index contributed by atoms with van der Waals surface area (Å²) in [5.41, 5.74) is 2.56. The van der Waals surface area contributed by atoms with Crippen LogP contribution in [0.5, 0.6) is 0 Å². The molecule has 8 rings (SSSR count). The summed E-state index contributed by atoms with van der Waals surface area (Å²) in [6, 6.07) is 28.4. The minimum Gasteiger partial charge on any atom is -0.478 e. The van der Waals surface area contributed by atoms with Gasteiger partial charge in [0.15, 0.2) is 11.3 Å². The third-order valence-electron chi connectivity index (χ3n) is 9.37. The number of rotatable bonds is 9. The van der Waals surface area contributed by atoms with Gasteiger partial charge in [-0.1, -0.05) is 16.8 Å². The van der Waals surface area contributed by atoms with Gasteiger partial charge in [-0.05, 0) is 66.6 Å². The van der Waals surface area contributed by atoms with Crippen molar-refractivity contribution in [3.05, 3.63) is 141 Å². The number of aromatic carboxylic acids is 2. The van der Waals surface area contributed by atoms with Crippen molar-refractivity contribution in [2.24, 2.45) is 7.05 Å². The van der Waals surface area contributed by atoms with Crippen molar-refractivity contribution < 1.29 is 42.3 Å². The van der Waals surface area contributed by atoms with Crippen molar-refractivity contribution in [2.75, 3.05) is 16.2 Å². The molecule has 0 saturated heterocycles. The number of aromatic nitrogens is 3.